The summed E-state index contributed by atoms with van der Waals surface area (Å²) in [6, 6.07) is 2.19. The van der Waals surface area contributed by atoms with Crippen molar-refractivity contribution in [3.8, 4) is 0 Å². The van der Waals surface area contributed by atoms with Crippen LogP contribution in [0.25, 0.3) is 0 Å². The van der Waals surface area contributed by atoms with E-state index in [9.17, 15) is 0 Å². The molecule has 1 nitrogen and oxygen atoms in total. The van der Waals surface area contributed by atoms with Gasteiger partial charge in [0.15, 0.2) is 0 Å². The first-order chi connectivity index (χ1) is 9.20. The Bertz CT molecular complexity index is 321. The Hall–Kier alpha value is 0.0787. The quantitative estimate of drug-likeness (QED) is 0.485. The van der Waals surface area contributed by atoms with Gasteiger partial charge in [0.25, 0.3) is 0 Å². The Morgan fingerprint density at radius 2 is 1.37 bits per heavy atom. The maximum atomic E-state index is 6.01. The number of hydrogen-bond acceptors (Lipinski definition) is 1. The molecule has 0 fully saturated rings. The average molecular weight is 371 g/mol. The summed E-state index contributed by atoms with van der Waals surface area (Å²) in [7, 11) is 0. The summed E-state index contributed by atoms with van der Waals surface area (Å²) in [6.45, 7) is 9.23. The zero-order valence-corrected chi connectivity index (χ0v) is 16.3. The molecule has 1 rings (SSSR count). The van der Waals surface area contributed by atoms with Crippen molar-refractivity contribution in [3.05, 3.63) is 17.9 Å². The molecule has 0 aliphatic carbocycles. The van der Waals surface area contributed by atoms with Gasteiger partial charge in [-0.1, -0.05) is 0 Å². The van der Waals surface area contributed by atoms with E-state index in [0.717, 1.165) is 0 Å². The third kappa shape index (κ3) is 4.84. The molecule has 110 valence electrons. The van der Waals surface area contributed by atoms with Crippen molar-refractivity contribution in [2.45, 2.75) is 79.5 Å². The molecule has 0 bridgehead atoms. The molecule has 0 unspecified atom stereocenters. The molecule has 2 heteroatoms. The Labute approximate surface area is 124 Å². The summed E-state index contributed by atoms with van der Waals surface area (Å²) >= 11 is -2.26. The fraction of sp³-hybridized carbons (Fsp3) is 0.765. The maximum absolute atomic E-state index is 6.01. The minimum absolute atomic E-state index is 1.33. The molecule has 0 N–H and O–H groups in total. The predicted molar refractivity (Wildman–Crippen MR) is 88.0 cm³/mol. The first kappa shape index (κ1) is 17.1. The van der Waals surface area contributed by atoms with E-state index >= 15 is 0 Å². The minimum atomic E-state index is -2.26. The van der Waals surface area contributed by atoms with E-state index in [-0.39, 0.29) is 0 Å². The summed E-state index contributed by atoms with van der Waals surface area (Å²) in [4.78, 5) is 0. The molecule has 0 aliphatic rings. The van der Waals surface area contributed by atoms with Gasteiger partial charge in [-0.15, -0.1) is 0 Å². The van der Waals surface area contributed by atoms with E-state index in [4.69, 9.17) is 4.42 Å². The van der Waals surface area contributed by atoms with Gasteiger partial charge in [0, 0.05) is 0 Å². The Morgan fingerprint density at radius 1 is 0.895 bits per heavy atom. The van der Waals surface area contributed by atoms with Crippen LogP contribution in [0.4, 0.5) is 0 Å². The van der Waals surface area contributed by atoms with Gasteiger partial charge in [0.2, 0.25) is 0 Å². The van der Waals surface area contributed by atoms with Crippen LogP contribution in [0.15, 0.2) is 16.7 Å². The van der Waals surface area contributed by atoms with Gasteiger partial charge in [-0.25, -0.2) is 0 Å². The first-order valence-corrected chi connectivity index (χ1v) is 15.7. The molecule has 0 aromatic carbocycles. The summed E-state index contributed by atoms with van der Waals surface area (Å²) in [5, 5.41) is 0. The van der Waals surface area contributed by atoms with Crippen LogP contribution in [0.2, 0.25) is 13.3 Å². The molecule has 0 amide bonds. The standard InChI is InChI=1S/C5H5O.3C4H9.Sn/c1-5-2-3-6-4-5;3*1-3-4-2;/h2-3H,1H3;3*1,3-4H2,2H3;. The van der Waals surface area contributed by atoms with Gasteiger partial charge >= 0.3 is 124 Å². The molecule has 0 atom stereocenters. The number of hydrogen-bond donors (Lipinski definition) is 0. The van der Waals surface area contributed by atoms with Crippen molar-refractivity contribution < 1.29 is 4.42 Å². The number of furan rings is 1. The second-order valence-electron chi connectivity index (χ2n) is 6.02. The second kappa shape index (κ2) is 9.10. The van der Waals surface area contributed by atoms with Gasteiger partial charge in [-0.2, -0.15) is 0 Å². The molecule has 1 aromatic heterocycles. The molecular weight excluding hydrogens is 339 g/mol. The van der Waals surface area contributed by atoms with Crippen LogP contribution in [0.5, 0.6) is 0 Å². The zero-order valence-electron chi connectivity index (χ0n) is 13.4. The van der Waals surface area contributed by atoms with Gasteiger partial charge in [0.05, 0.1) is 0 Å². The van der Waals surface area contributed by atoms with Gasteiger partial charge in [-0.05, 0) is 0 Å². The Kier molecular flexibility index (Phi) is 8.20. The summed E-state index contributed by atoms with van der Waals surface area (Å²) in [5.74, 6) is 0. The molecule has 1 heterocycles. The molecule has 0 aliphatic heterocycles. The fourth-order valence-corrected chi connectivity index (χ4v) is 19.6. The molecule has 0 radical (unpaired) electrons. The Balaban J connectivity index is 2.97. The molecule has 0 spiro atoms. The normalized spacial score (nSPS) is 12.0. The number of aryl methyl sites for hydroxylation is 1. The van der Waals surface area contributed by atoms with E-state index < -0.39 is 18.4 Å². The topological polar surface area (TPSA) is 13.1 Å². The summed E-state index contributed by atoms with van der Waals surface area (Å²) in [6.07, 6.45) is 10.1. The molecular formula is C17H32OSn. The van der Waals surface area contributed by atoms with Gasteiger partial charge in [-0.3, -0.25) is 0 Å². The number of unbranched alkanes of at least 4 members (excludes halogenated alkanes) is 3. The van der Waals surface area contributed by atoms with Gasteiger partial charge < -0.3 is 0 Å². The third-order valence-electron chi connectivity index (χ3n) is 4.37. The molecule has 0 saturated carbocycles. The van der Waals surface area contributed by atoms with Crippen molar-refractivity contribution in [3.63, 3.8) is 0 Å². The van der Waals surface area contributed by atoms with E-state index in [1.807, 2.05) is 6.26 Å². The zero-order chi connectivity index (χ0) is 14.1. The molecule has 0 saturated heterocycles. The van der Waals surface area contributed by atoms with Crippen LogP contribution in [0.1, 0.15) is 64.9 Å². The van der Waals surface area contributed by atoms with E-state index in [1.54, 1.807) is 0 Å². The number of rotatable bonds is 10. The van der Waals surface area contributed by atoms with E-state index in [0.29, 0.717) is 0 Å². The second-order valence-corrected chi connectivity index (χ2v) is 18.9. The van der Waals surface area contributed by atoms with Crippen LogP contribution in [-0.4, -0.2) is 18.4 Å². The van der Waals surface area contributed by atoms with Crippen molar-refractivity contribution in [2.24, 2.45) is 0 Å². The van der Waals surface area contributed by atoms with Gasteiger partial charge in [0.1, 0.15) is 0 Å². The van der Waals surface area contributed by atoms with Crippen LogP contribution in [-0.2, 0) is 0 Å². The van der Waals surface area contributed by atoms with Crippen molar-refractivity contribution >= 4 is 22.2 Å². The van der Waals surface area contributed by atoms with Crippen LogP contribution < -0.4 is 3.78 Å². The van der Waals surface area contributed by atoms with Crippen LogP contribution in [0, 0.1) is 6.92 Å². The first-order valence-electron chi connectivity index (χ1n) is 8.24. The van der Waals surface area contributed by atoms with E-state index in [1.165, 1.54) is 61.2 Å². The average Bonchev–Trinajstić information content (AvgIpc) is 2.85. The van der Waals surface area contributed by atoms with Crippen LogP contribution >= 0.6 is 0 Å². The summed E-state index contributed by atoms with van der Waals surface area (Å²) < 4.78 is 12.0. The molecule has 19 heavy (non-hydrogen) atoms. The van der Waals surface area contributed by atoms with E-state index in [2.05, 4.69) is 33.8 Å². The van der Waals surface area contributed by atoms with Crippen molar-refractivity contribution in [1.82, 2.24) is 0 Å². The SMILES string of the molecule is CCC[CH2][Sn]([CH2]CCC)([CH2]CCC)[c]1occc1C. The predicted octanol–water partition coefficient (Wildman–Crippen LogP) is 5.64. The third-order valence-corrected chi connectivity index (χ3v) is 19.8. The Morgan fingerprint density at radius 3 is 1.68 bits per heavy atom. The molecule has 1 aromatic rings. The van der Waals surface area contributed by atoms with Crippen LogP contribution in [0.3, 0.4) is 0 Å². The summed E-state index contributed by atoms with van der Waals surface area (Å²) in [5.41, 5.74) is 1.44. The van der Waals surface area contributed by atoms with Crippen molar-refractivity contribution in [2.75, 3.05) is 0 Å². The van der Waals surface area contributed by atoms with Crippen molar-refractivity contribution in [1.29, 1.82) is 0 Å². The monoisotopic (exact) mass is 372 g/mol. The fourth-order valence-electron chi connectivity index (χ4n) is 3.18.